The summed E-state index contributed by atoms with van der Waals surface area (Å²) in [6.45, 7) is 0.444. The van der Waals surface area contributed by atoms with Crippen LogP contribution < -0.4 is 0 Å². The Morgan fingerprint density at radius 2 is 1.88 bits per heavy atom. The molecule has 0 aromatic heterocycles. The fourth-order valence-electron chi connectivity index (χ4n) is 2.23. The molecule has 1 aliphatic rings. The molecule has 8 heteroatoms. The molecule has 1 aromatic carbocycles. The number of unbranched alkanes of at least 4 members (excludes halogenated alkanes) is 2. The maximum Gasteiger partial charge on any atom is 0.306 e. The van der Waals surface area contributed by atoms with E-state index >= 15 is 0 Å². The number of hydrogen-bond acceptors (Lipinski definition) is 5. The molecule has 2 N–H and O–H groups in total. The van der Waals surface area contributed by atoms with Crippen LogP contribution in [0.15, 0.2) is 40.8 Å². The van der Waals surface area contributed by atoms with E-state index in [0.29, 0.717) is 19.3 Å². The Morgan fingerprint density at radius 1 is 1.17 bits per heavy atom. The zero-order valence-corrected chi connectivity index (χ0v) is 14.6. The number of carbonyl (C=O) groups excluding carboxylic acids is 2. The van der Waals surface area contributed by atoms with Crippen LogP contribution in [0.1, 0.15) is 31.2 Å². The average Bonchev–Trinajstić information content (AvgIpc) is 2.75. The van der Waals surface area contributed by atoms with Crippen LogP contribution in [0.25, 0.3) is 0 Å². The predicted molar refractivity (Wildman–Crippen MR) is 93.2 cm³/mol. The Labute approximate surface area is 147 Å². The van der Waals surface area contributed by atoms with Crippen molar-refractivity contribution in [2.75, 3.05) is 6.54 Å². The van der Waals surface area contributed by atoms with Crippen LogP contribution >= 0.6 is 22.4 Å². The third-order valence-corrected chi connectivity index (χ3v) is 5.88. The van der Waals surface area contributed by atoms with Crippen LogP contribution in [0.4, 0.5) is 0 Å². The summed E-state index contributed by atoms with van der Waals surface area (Å²) in [6.07, 6.45) is 3.13. The first-order valence-electron chi connectivity index (χ1n) is 7.58. The number of ether oxygens (including phenoxy) is 1. The molecule has 0 saturated heterocycles. The molecule has 132 valence electrons. The van der Waals surface area contributed by atoms with E-state index in [9.17, 15) is 18.7 Å². The van der Waals surface area contributed by atoms with E-state index in [4.69, 9.17) is 16.3 Å². The molecule has 2 rings (SSSR count). The summed E-state index contributed by atoms with van der Waals surface area (Å²) in [5.74, 6) is -0.771. The molecule has 0 atom stereocenters. The first kappa shape index (κ1) is 18.8. The van der Waals surface area contributed by atoms with Crippen molar-refractivity contribution in [3.63, 3.8) is 0 Å². The van der Waals surface area contributed by atoms with Crippen LogP contribution in [0.2, 0.25) is 0 Å². The Morgan fingerprint density at radius 3 is 2.50 bits per heavy atom. The minimum Gasteiger partial charge on any atom is -0.461 e. The summed E-state index contributed by atoms with van der Waals surface area (Å²) in [6, 6.07) is 9.44. The third kappa shape index (κ3) is 4.98. The lowest BCUT2D eigenvalue weighted by molar-refractivity contribution is -0.145. The molecule has 0 unspecified atom stereocenters. The Bertz CT molecular complexity index is 620. The summed E-state index contributed by atoms with van der Waals surface area (Å²) in [5, 5.41) is 0. The Hall–Kier alpha value is -1.54. The van der Waals surface area contributed by atoms with E-state index in [1.807, 2.05) is 30.3 Å². The highest BCUT2D eigenvalue weighted by Gasteiger charge is 2.36. The van der Waals surface area contributed by atoms with Crippen LogP contribution in [-0.2, 0) is 20.9 Å². The Balaban J connectivity index is 1.60. The topological polar surface area (TPSA) is 87.1 Å². The molecule has 0 radical (unpaired) electrons. The number of hydrogen-bond donors (Lipinski definition) is 2. The molecule has 6 nitrogen and oxygen atoms in total. The second-order valence-electron chi connectivity index (χ2n) is 5.36. The van der Waals surface area contributed by atoms with Gasteiger partial charge in [0.1, 0.15) is 6.61 Å². The summed E-state index contributed by atoms with van der Waals surface area (Å²) in [4.78, 5) is 23.2. The van der Waals surface area contributed by atoms with E-state index in [2.05, 4.69) is 0 Å². The van der Waals surface area contributed by atoms with Crippen LogP contribution in [0.5, 0.6) is 0 Å². The van der Waals surface area contributed by atoms with Crippen molar-refractivity contribution in [3.8, 4) is 0 Å². The first-order chi connectivity index (χ1) is 11.4. The van der Waals surface area contributed by atoms with Gasteiger partial charge in [-0.3, -0.25) is 18.7 Å². The van der Waals surface area contributed by atoms with Gasteiger partial charge in [-0.1, -0.05) is 59.1 Å². The lowest BCUT2D eigenvalue weighted by atomic mass is 10.2. The van der Waals surface area contributed by atoms with Crippen molar-refractivity contribution in [1.82, 2.24) is 4.31 Å². The molecule has 1 aliphatic heterocycles. The molecule has 0 bridgehead atoms. The fraction of sp³-hybridized carbons (Fsp3) is 0.375. The second kappa shape index (κ2) is 8.53. The average molecular weight is 374 g/mol. The van der Waals surface area contributed by atoms with E-state index in [0.717, 1.165) is 15.9 Å². The van der Waals surface area contributed by atoms with Gasteiger partial charge in [0.25, 0.3) is 5.91 Å². The van der Waals surface area contributed by atoms with Crippen molar-refractivity contribution in [2.45, 2.75) is 32.3 Å². The number of benzene rings is 1. The van der Waals surface area contributed by atoms with Crippen molar-refractivity contribution in [3.05, 3.63) is 46.3 Å². The molecule has 0 saturated carbocycles. The number of rotatable bonds is 8. The van der Waals surface area contributed by atoms with Crippen molar-refractivity contribution in [2.24, 2.45) is 0 Å². The smallest absolute Gasteiger partial charge is 0.306 e. The van der Waals surface area contributed by atoms with Crippen molar-refractivity contribution >= 4 is 34.3 Å². The SMILES string of the molecule is O=C(CCCCCN1C(=O)C=C(Cl)S1(O)O)OCc1ccccc1. The Kier molecular flexibility index (Phi) is 6.68. The maximum atomic E-state index is 11.6. The molecule has 1 heterocycles. The summed E-state index contributed by atoms with van der Waals surface area (Å²) >= 11 is 5.63. The van der Waals surface area contributed by atoms with Crippen molar-refractivity contribution in [1.29, 1.82) is 0 Å². The largest absolute Gasteiger partial charge is 0.461 e. The van der Waals surface area contributed by atoms with E-state index in [-0.39, 0.29) is 29.9 Å². The van der Waals surface area contributed by atoms with Crippen LogP contribution in [0, 0.1) is 0 Å². The molecular weight excluding hydrogens is 354 g/mol. The van der Waals surface area contributed by atoms with Crippen molar-refractivity contribution < 1.29 is 23.4 Å². The number of esters is 1. The lowest BCUT2D eigenvalue weighted by Crippen LogP contribution is -2.28. The summed E-state index contributed by atoms with van der Waals surface area (Å²) < 4.78 is 25.5. The molecule has 0 spiro atoms. The highest BCUT2D eigenvalue weighted by atomic mass is 35.5. The van der Waals surface area contributed by atoms with E-state index in [1.165, 1.54) is 0 Å². The summed E-state index contributed by atoms with van der Waals surface area (Å²) in [7, 11) is -3.34. The number of halogens is 1. The van der Waals surface area contributed by atoms with Gasteiger partial charge in [0.05, 0.1) is 0 Å². The summed E-state index contributed by atoms with van der Waals surface area (Å²) in [5.41, 5.74) is 0.938. The van der Waals surface area contributed by atoms with Gasteiger partial charge in [-0.2, -0.15) is 0 Å². The van der Waals surface area contributed by atoms with Gasteiger partial charge in [0.2, 0.25) is 0 Å². The normalized spacial score (nSPS) is 17.5. The van der Waals surface area contributed by atoms with Gasteiger partial charge in [0, 0.05) is 19.0 Å². The van der Waals surface area contributed by atoms with Gasteiger partial charge in [-0.15, -0.1) is 0 Å². The fourth-order valence-corrected chi connectivity index (χ4v) is 3.73. The lowest BCUT2D eigenvalue weighted by Gasteiger charge is -2.36. The minimum atomic E-state index is -3.34. The van der Waals surface area contributed by atoms with Gasteiger partial charge >= 0.3 is 5.97 Å². The highest BCUT2D eigenvalue weighted by Crippen LogP contribution is 2.56. The standard InChI is InChI=1S/C16H20ClNO5S/c17-14-11-15(19)18(24(14,21)22)10-6-2-5-9-16(20)23-12-13-7-3-1-4-8-13/h1,3-4,7-8,11,21-22H,2,5-6,9-10,12H2. The van der Waals surface area contributed by atoms with Gasteiger partial charge in [0.15, 0.2) is 4.36 Å². The number of amides is 1. The minimum absolute atomic E-state index is 0.187. The van der Waals surface area contributed by atoms with E-state index in [1.54, 1.807) is 0 Å². The zero-order chi connectivity index (χ0) is 17.6. The zero-order valence-electron chi connectivity index (χ0n) is 13.1. The first-order valence-corrected chi connectivity index (χ1v) is 9.46. The maximum absolute atomic E-state index is 11.6. The van der Waals surface area contributed by atoms with Gasteiger partial charge < -0.3 is 4.74 Å². The van der Waals surface area contributed by atoms with Gasteiger partial charge in [-0.05, 0) is 18.4 Å². The highest BCUT2D eigenvalue weighted by molar-refractivity contribution is 8.27. The molecule has 0 fully saturated rings. The monoisotopic (exact) mass is 373 g/mol. The van der Waals surface area contributed by atoms with E-state index < -0.39 is 16.7 Å². The molecule has 0 aliphatic carbocycles. The number of carbonyl (C=O) groups is 2. The molecular formula is C16H20ClNO5S. The molecule has 24 heavy (non-hydrogen) atoms. The molecule has 1 aromatic rings. The predicted octanol–water partition coefficient (Wildman–Crippen LogP) is 3.88. The number of nitrogens with zero attached hydrogens (tertiary/aromatic N) is 1. The second-order valence-corrected chi connectivity index (χ2v) is 7.91. The third-order valence-electron chi connectivity index (χ3n) is 3.54. The van der Waals surface area contributed by atoms with Gasteiger partial charge in [-0.25, -0.2) is 4.31 Å². The molecule has 1 amide bonds. The van der Waals surface area contributed by atoms with Crippen LogP contribution in [-0.4, -0.2) is 31.8 Å². The van der Waals surface area contributed by atoms with Crippen LogP contribution in [0.3, 0.4) is 0 Å². The quantitative estimate of drug-likeness (QED) is 0.533.